The van der Waals surface area contributed by atoms with Crippen LogP contribution in [0.4, 0.5) is 18.0 Å². The van der Waals surface area contributed by atoms with Crippen LogP contribution in [0.3, 0.4) is 0 Å². The number of halogens is 4. The lowest BCUT2D eigenvalue weighted by atomic mass is 10.1. The van der Waals surface area contributed by atoms with Gasteiger partial charge >= 0.3 is 12.3 Å². The maximum Gasteiger partial charge on any atom is 0.417 e. The minimum Gasteiger partial charge on any atom is -0.444 e. The van der Waals surface area contributed by atoms with E-state index in [0.717, 1.165) is 6.07 Å². The first kappa shape index (κ1) is 21.5. The fourth-order valence-electron chi connectivity index (χ4n) is 2.79. The Morgan fingerprint density at radius 1 is 1.19 bits per heavy atom. The first-order valence-corrected chi connectivity index (χ1v) is 9.24. The first-order valence-electron chi connectivity index (χ1n) is 8.45. The van der Waals surface area contributed by atoms with Gasteiger partial charge in [-0.1, -0.05) is 15.9 Å². The molecule has 0 aliphatic carbocycles. The molecule has 0 N–H and O–H groups in total. The van der Waals surface area contributed by atoms with Crippen LogP contribution in [-0.2, 0) is 10.9 Å². The number of amides is 2. The maximum absolute atomic E-state index is 12.8. The van der Waals surface area contributed by atoms with Crippen LogP contribution in [0.5, 0.6) is 0 Å². The summed E-state index contributed by atoms with van der Waals surface area (Å²) in [6, 6.07) is 2.96. The van der Waals surface area contributed by atoms with E-state index in [1.54, 1.807) is 32.6 Å². The predicted octanol–water partition coefficient (Wildman–Crippen LogP) is 4.55. The van der Waals surface area contributed by atoms with E-state index in [2.05, 4.69) is 15.9 Å². The highest BCUT2D eigenvalue weighted by atomic mass is 79.9. The molecule has 0 radical (unpaired) electrons. The van der Waals surface area contributed by atoms with Crippen LogP contribution < -0.4 is 0 Å². The number of hydrogen-bond donors (Lipinski definition) is 0. The fraction of sp³-hybridized carbons (Fsp3) is 0.556. The Morgan fingerprint density at radius 3 is 2.30 bits per heavy atom. The third-order valence-corrected chi connectivity index (χ3v) is 4.72. The lowest BCUT2D eigenvalue weighted by Gasteiger charge is -2.40. The van der Waals surface area contributed by atoms with Crippen LogP contribution in [0.2, 0.25) is 0 Å². The molecular weight excluding hydrogens is 429 g/mol. The van der Waals surface area contributed by atoms with Gasteiger partial charge in [-0.25, -0.2) is 4.79 Å². The summed E-state index contributed by atoms with van der Waals surface area (Å²) in [5.41, 5.74) is -1.29. The van der Waals surface area contributed by atoms with Crippen molar-refractivity contribution in [3.8, 4) is 0 Å². The molecule has 1 aromatic rings. The monoisotopic (exact) mass is 450 g/mol. The molecule has 2 rings (SSSR count). The number of carbonyl (C=O) groups excluding carboxylic acids is 2. The van der Waals surface area contributed by atoms with Crippen LogP contribution >= 0.6 is 15.9 Å². The molecule has 1 unspecified atom stereocenters. The molecule has 0 spiro atoms. The topological polar surface area (TPSA) is 49.9 Å². The van der Waals surface area contributed by atoms with E-state index in [9.17, 15) is 22.8 Å². The molecule has 1 aliphatic rings. The number of benzene rings is 1. The predicted molar refractivity (Wildman–Crippen MR) is 97.4 cm³/mol. The van der Waals surface area contributed by atoms with E-state index in [0.29, 0.717) is 6.54 Å². The van der Waals surface area contributed by atoms with E-state index < -0.39 is 23.4 Å². The van der Waals surface area contributed by atoms with Gasteiger partial charge in [-0.3, -0.25) is 4.79 Å². The molecular formula is C18H22BrF3N2O3. The summed E-state index contributed by atoms with van der Waals surface area (Å²) in [4.78, 5) is 28.0. The van der Waals surface area contributed by atoms with Crippen molar-refractivity contribution >= 4 is 27.9 Å². The Kier molecular flexibility index (Phi) is 6.13. The third-order valence-electron chi connectivity index (χ3n) is 4.06. The summed E-state index contributed by atoms with van der Waals surface area (Å²) in [5, 5.41) is 0. The third kappa shape index (κ3) is 5.37. The molecule has 0 bridgehead atoms. The molecule has 150 valence electrons. The molecule has 1 heterocycles. The van der Waals surface area contributed by atoms with E-state index in [4.69, 9.17) is 4.74 Å². The highest BCUT2D eigenvalue weighted by Crippen LogP contribution is 2.35. The van der Waals surface area contributed by atoms with Gasteiger partial charge in [-0.15, -0.1) is 0 Å². The Labute approximate surface area is 164 Å². The summed E-state index contributed by atoms with van der Waals surface area (Å²) in [6.07, 6.45) is -4.94. The van der Waals surface area contributed by atoms with Crippen molar-refractivity contribution in [2.75, 3.05) is 19.6 Å². The maximum atomic E-state index is 12.8. The number of alkyl halides is 3. The Morgan fingerprint density at radius 2 is 1.81 bits per heavy atom. The summed E-state index contributed by atoms with van der Waals surface area (Å²) in [5.74, 6) is -0.375. The molecule has 1 aromatic carbocycles. The molecule has 9 heteroatoms. The van der Waals surface area contributed by atoms with Crippen molar-refractivity contribution in [3.05, 3.63) is 33.8 Å². The number of ether oxygens (including phenoxy) is 1. The van der Waals surface area contributed by atoms with Gasteiger partial charge in [0.25, 0.3) is 5.91 Å². The molecule has 27 heavy (non-hydrogen) atoms. The van der Waals surface area contributed by atoms with Crippen molar-refractivity contribution in [3.63, 3.8) is 0 Å². The van der Waals surface area contributed by atoms with Crippen molar-refractivity contribution < 1.29 is 27.5 Å². The number of carbonyl (C=O) groups is 2. The van der Waals surface area contributed by atoms with Gasteiger partial charge in [0, 0.05) is 35.7 Å². The molecule has 0 aromatic heterocycles. The first-order chi connectivity index (χ1) is 12.3. The molecule has 2 amide bonds. The van der Waals surface area contributed by atoms with E-state index >= 15 is 0 Å². The summed E-state index contributed by atoms with van der Waals surface area (Å²) in [7, 11) is 0. The minimum atomic E-state index is -4.49. The zero-order chi connectivity index (χ0) is 20.6. The largest absolute Gasteiger partial charge is 0.444 e. The molecule has 1 aliphatic heterocycles. The Hall–Kier alpha value is -1.77. The van der Waals surface area contributed by atoms with E-state index in [1.165, 1.54) is 17.0 Å². The fourth-order valence-corrected chi connectivity index (χ4v) is 3.40. The number of hydrogen-bond acceptors (Lipinski definition) is 3. The normalized spacial score (nSPS) is 18.4. The number of nitrogens with zero attached hydrogens (tertiary/aromatic N) is 2. The highest BCUT2D eigenvalue weighted by Gasteiger charge is 2.35. The smallest absolute Gasteiger partial charge is 0.417 e. The molecule has 0 saturated carbocycles. The van der Waals surface area contributed by atoms with Crippen LogP contribution in [0.25, 0.3) is 0 Å². The molecule has 1 saturated heterocycles. The van der Waals surface area contributed by atoms with Crippen molar-refractivity contribution in [2.45, 2.75) is 45.5 Å². The van der Waals surface area contributed by atoms with Crippen LogP contribution in [0.15, 0.2) is 22.7 Å². The average molecular weight is 451 g/mol. The zero-order valence-electron chi connectivity index (χ0n) is 15.6. The average Bonchev–Trinajstić information content (AvgIpc) is 2.50. The lowest BCUT2D eigenvalue weighted by molar-refractivity contribution is -0.138. The van der Waals surface area contributed by atoms with Gasteiger partial charge in [0.15, 0.2) is 0 Å². The van der Waals surface area contributed by atoms with Crippen molar-refractivity contribution in [2.24, 2.45) is 0 Å². The van der Waals surface area contributed by atoms with Gasteiger partial charge in [-0.05, 0) is 45.9 Å². The van der Waals surface area contributed by atoms with Crippen LogP contribution in [0, 0.1) is 0 Å². The van der Waals surface area contributed by atoms with Crippen molar-refractivity contribution in [1.82, 2.24) is 9.80 Å². The van der Waals surface area contributed by atoms with Gasteiger partial charge in [-0.2, -0.15) is 13.2 Å². The lowest BCUT2D eigenvalue weighted by Crippen LogP contribution is -2.56. The van der Waals surface area contributed by atoms with Gasteiger partial charge in [0.05, 0.1) is 5.56 Å². The number of piperazine rings is 1. The second-order valence-corrected chi connectivity index (χ2v) is 8.32. The summed E-state index contributed by atoms with van der Waals surface area (Å²) >= 11 is 2.88. The second-order valence-electron chi connectivity index (χ2n) is 7.47. The second kappa shape index (κ2) is 7.69. The highest BCUT2D eigenvalue weighted by molar-refractivity contribution is 9.10. The molecule has 1 fully saturated rings. The Bertz CT molecular complexity index is 732. The SMILES string of the molecule is CC1CN(C(=O)c2ccc(C(F)(F)F)c(Br)c2)CCN1C(=O)OC(C)(C)C. The molecule has 1 atom stereocenters. The van der Waals surface area contributed by atoms with Gasteiger partial charge < -0.3 is 14.5 Å². The van der Waals surface area contributed by atoms with Gasteiger partial charge in [0.2, 0.25) is 0 Å². The van der Waals surface area contributed by atoms with Crippen LogP contribution in [0.1, 0.15) is 43.6 Å². The minimum absolute atomic E-state index is 0.160. The quantitative estimate of drug-likeness (QED) is 0.630. The van der Waals surface area contributed by atoms with E-state index in [-0.39, 0.29) is 35.1 Å². The van der Waals surface area contributed by atoms with E-state index in [1.807, 2.05) is 0 Å². The summed E-state index contributed by atoms with van der Waals surface area (Å²) in [6.45, 7) is 7.97. The number of rotatable bonds is 1. The summed E-state index contributed by atoms with van der Waals surface area (Å²) < 4.78 is 43.7. The van der Waals surface area contributed by atoms with Crippen LogP contribution in [-0.4, -0.2) is 53.1 Å². The van der Waals surface area contributed by atoms with Gasteiger partial charge in [0.1, 0.15) is 5.60 Å². The zero-order valence-corrected chi connectivity index (χ0v) is 17.1. The molecule has 5 nitrogen and oxygen atoms in total. The van der Waals surface area contributed by atoms with Crippen molar-refractivity contribution in [1.29, 1.82) is 0 Å². The Balaban J connectivity index is 2.08. The standard InChI is InChI=1S/C18H22BrF3N2O3/c1-11-10-23(7-8-24(11)16(26)27-17(2,3)4)15(25)12-5-6-13(14(19)9-12)18(20,21)22/h5-6,9,11H,7-8,10H2,1-4H3.